The van der Waals surface area contributed by atoms with Gasteiger partial charge in [0.25, 0.3) is 0 Å². The molecule has 3 rings (SSSR count). The zero-order valence-electron chi connectivity index (χ0n) is 12.2. The molecule has 1 atom stereocenters. The fourth-order valence-electron chi connectivity index (χ4n) is 3.61. The molecule has 0 radical (unpaired) electrons. The van der Waals surface area contributed by atoms with Gasteiger partial charge < -0.3 is 5.11 Å². The molecule has 2 fully saturated rings. The quantitative estimate of drug-likeness (QED) is 0.912. The minimum Gasteiger partial charge on any atom is -0.387 e. The van der Waals surface area contributed by atoms with E-state index < -0.39 is 0 Å². The van der Waals surface area contributed by atoms with Gasteiger partial charge in [-0.15, -0.1) is 0 Å². The lowest BCUT2D eigenvalue weighted by molar-refractivity contribution is 0.0570. The second kappa shape index (κ2) is 6.70. The number of benzene rings is 1. The molecule has 1 aliphatic carbocycles. The number of nitrogens with zero attached hydrogens (tertiary/aromatic N) is 2. The molecular weight excluding hydrogens is 248 g/mol. The van der Waals surface area contributed by atoms with Crippen LogP contribution in [0.5, 0.6) is 0 Å². The first-order chi connectivity index (χ1) is 9.83. The molecular formula is C17H26N2O. The first-order valence-corrected chi connectivity index (χ1v) is 8.02. The molecule has 1 unspecified atom stereocenters. The molecule has 0 bridgehead atoms. The van der Waals surface area contributed by atoms with Gasteiger partial charge in [-0.1, -0.05) is 43.2 Å². The lowest BCUT2D eigenvalue weighted by Gasteiger charge is -2.38. The molecule has 0 amide bonds. The highest BCUT2D eigenvalue weighted by atomic mass is 16.3. The fourth-order valence-corrected chi connectivity index (χ4v) is 3.61. The second-order valence-electron chi connectivity index (χ2n) is 6.20. The Morgan fingerprint density at radius 1 is 1.00 bits per heavy atom. The Kier molecular flexibility index (Phi) is 4.71. The second-order valence-corrected chi connectivity index (χ2v) is 6.20. The Morgan fingerprint density at radius 3 is 2.30 bits per heavy atom. The van der Waals surface area contributed by atoms with Gasteiger partial charge in [-0.3, -0.25) is 9.80 Å². The molecule has 3 nitrogen and oxygen atoms in total. The number of rotatable bonds is 4. The van der Waals surface area contributed by atoms with Crippen LogP contribution in [0.15, 0.2) is 30.3 Å². The number of hydrogen-bond donors (Lipinski definition) is 1. The molecule has 110 valence electrons. The van der Waals surface area contributed by atoms with Crippen LogP contribution in [-0.2, 0) is 0 Å². The van der Waals surface area contributed by atoms with Crippen molar-refractivity contribution in [1.82, 2.24) is 9.80 Å². The summed E-state index contributed by atoms with van der Waals surface area (Å²) in [5.74, 6) is 0. The third kappa shape index (κ3) is 3.40. The van der Waals surface area contributed by atoms with E-state index in [1.807, 2.05) is 30.3 Å². The van der Waals surface area contributed by atoms with Gasteiger partial charge in [0.1, 0.15) is 0 Å². The molecule has 1 aliphatic heterocycles. The van der Waals surface area contributed by atoms with Gasteiger partial charge in [0.15, 0.2) is 0 Å². The molecule has 20 heavy (non-hydrogen) atoms. The average molecular weight is 274 g/mol. The lowest BCUT2D eigenvalue weighted by Crippen LogP contribution is -2.50. The van der Waals surface area contributed by atoms with Crippen molar-refractivity contribution in [3.63, 3.8) is 0 Å². The van der Waals surface area contributed by atoms with E-state index in [2.05, 4.69) is 9.80 Å². The number of aliphatic hydroxyl groups excluding tert-OH is 1. The SMILES string of the molecule is OC(CN1CCN(C2CCCC2)CC1)c1ccccc1. The Bertz CT molecular complexity index is 395. The predicted octanol–water partition coefficient (Wildman–Crippen LogP) is 2.28. The Labute approximate surface area is 122 Å². The normalized spacial score (nSPS) is 24.1. The summed E-state index contributed by atoms with van der Waals surface area (Å²) >= 11 is 0. The van der Waals surface area contributed by atoms with Crippen molar-refractivity contribution in [2.45, 2.75) is 37.8 Å². The molecule has 3 heteroatoms. The van der Waals surface area contributed by atoms with Crippen LogP contribution in [-0.4, -0.2) is 53.7 Å². The van der Waals surface area contributed by atoms with Crippen LogP contribution >= 0.6 is 0 Å². The summed E-state index contributed by atoms with van der Waals surface area (Å²) in [5, 5.41) is 10.3. The van der Waals surface area contributed by atoms with Gasteiger partial charge in [-0.05, 0) is 18.4 Å². The average Bonchev–Trinajstić information content (AvgIpc) is 3.03. The van der Waals surface area contributed by atoms with Crippen molar-refractivity contribution in [3.05, 3.63) is 35.9 Å². The lowest BCUT2D eigenvalue weighted by atomic mass is 10.1. The van der Waals surface area contributed by atoms with E-state index in [1.165, 1.54) is 38.8 Å². The molecule has 2 aliphatic rings. The zero-order valence-corrected chi connectivity index (χ0v) is 12.2. The van der Waals surface area contributed by atoms with E-state index in [0.717, 1.165) is 31.2 Å². The van der Waals surface area contributed by atoms with Gasteiger partial charge in [0, 0.05) is 38.8 Å². The standard InChI is InChI=1S/C17H26N2O/c20-17(15-6-2-1-3-7-15)14-18-10-12-19(13-11-18)16-8-4-5-9-16/h1-3,6-7,16-17,20H,4-5,8-14H2. The van der Waals surface area contributed by atoms with Gasteiger partial charge in [-0.25, -0.2) is 0 Å². The molecule has 1 saturated carbocycles. The third-order valence-corrected chi connectivity index (χ3v) is 4.86. The van der Waals surface area contributed by atoms with Crippen LogP contribution in [0.4, 0.5) is 0 Å². The van der Waals surface area contributed by atoms with E-state index in [-0.39, 0.29) is 6.10 Å². The van der Waals surface area contributed by atoms with Crippen molar-refractivity contribution >= 4 is 0 Å². The topological polar surface area (TPSA) is 26.7 Å². The first kappa shape index (κ1) is 14.1. The first-order valence-electron chi connectivity index (χ1n) is 8.02. The molecule has 0 spiro atoms. The molecule has 1 saturated heterocycles. The highest BCUT2D eigenvalue weighted by Crippen LogP contribution is 2.24. The van der Waals surface area contributed by atoms with E-state index >= 15 is 0 Å². The van der Waals surface area contributed by atoms with Crippen molar-refractivity contribution in [3.8, 4) is 0 Å². The van der Waals surface area contributed by atoms with Crippen LogP contribution in [0.2, 0.25) is 0 Å². The largest absolute Gasteiger partial charge is 0.387 e. The molecule has 1 heterocycles. The van der Waals surface area contributed by atoms with Crippen molar-refractivity contribution < 1.29 is 5.11 Å². The third-order valence-electron chi connectivity index (χ3n) is 4.86. The van der Waals surface area contributed by atoms with Crippen LogP contribution < -0.4 is 0 Å². The smallest absolute Gasteiger partial charge is 0.0916 e. The molecule has 1 aromatic rings. The van der Waals surface area contributed by atoms with E-state index in [9.17, 15) is 5.11 Å². The van der Waals surface area contributed by atoms with Crippen molar-refractivity contribution in [1.29, 1.82) is 0 Å². The summed E-state index contributed by atoms with van der Waals surface area (Å²) < 4.78 is 0. The number of hydrogen-bond acceptors (Lipinski definition) is 3. The maximum atomic E-state index is 10.3. The Hall–Kier alpha value is -0.900. The van der Waals surface area contributed by atoms with Gasteiger partial charge in [0.05, 0.1) is 6.10 Å². The number of piperazine rings is 1. The summed E-state index contributed by atoms with van der Waals surface area (Å²) in [6.45, 7) is 5.31. The number of β-amino-alcohol motifs (C(OH)–C–C–N with tert-alkyl or cyclic N) is 1. The zero-order chi connectivity index (χ0) is 13.8. The van der Waals surface area contributed by atoms with Crippen LogP contribution in [0, 0.1) is 0 Å². The Balaban J connectivity index is 1.46. The summed E-state index contributed by atoms with van der Waals surface area (Å²) in [4.78, 5) is 5.07. The Morgan fingerprint density at radius 2 is 1.65 bits per heavy atom. The molecule has 1 aromatic carbocycles. The fraction of sp³-hybridized carbons (Fsp3) is 0.647. The monoisotopic (exact) mass is 274 g/mol. The highest BCUT2D eigenvalue weighted by Gasteiger charge is 2.26. The maximum absolute atomic E-state index is 10.3. The van der Waals surface area contributed by atoms with E-state index in [0.29, 0.717) is 0 Å². The maximum Gasteiger partial charge on any atom is 0.0916 e. The van der Waals surface area contributed by atoms with Crippen molar-refractivity contribution in [2.24, 2.45) is 0 Å². The minimum atomic E-state index is -0.353. The van der Waals surface area contributed by atoms with E-state index in [1.54, 1.807) is 0 Å². The van der Waals surface area contributed by atoms with Gasteiger partial charge in [-0.2, -0.15) is 0 Å². The molecule has 0 aromatic heterocycles. The summed E-state index contributed by atoms with van der Waals surface area (Å²) in [6, 6.07) is 10.9. The minimum absolute atomic E-state index is 0.353. The van der Waals surface area contributed by atoms with Crippen LogP contribution in [0.1, 0.15) is 37.4 Å². The van der Waals surface area contributed by atoms with Crippen molar-refractivity contribution in [2.75, 3.05) is 32.7 Å². The van der Waals surface area contributed by atoms with Crippen LogP contribution in [0.25, 0.3) is 0 Å². The summed E-state index contributed by atoms with van der Waals surface area (Å²) in [6.07, 6.45) is 5.27. The van der Waals surface area contributed by atoms with Gasteiger partial charge in [0.2, 0.25) is 0 Å². The summed E-state index contributed by atoms with van der Waals surface area (Å²) in [7, 11) is 0. The van der Waals surface area contributed by atoms with Crippen LogP contribution in [0.3, 0.4) is 0 Å². The predicted molar refractivity (Wildman–Crippen MR) is 81.7 cm³/mol. The highest BCUT2D eigenvalue weighted by molar-refractivity contribution is 5.17. The summed E-state index contributed by atoms with van der Waals surface area (Å²) in [5.41, 5.74) is 1.03. The van der Waals surface area contributed by atoms with Gasteiger partial charge >= 0.3 is 0 Å². The number of aliphatic hydroxyl groups is 1. The molecule has 1 N–H and O–H groups in total. The van der Waals surface area contributed by atoms with E-state index in [4.69, 9.17) is 0 Å².